The van der Waals surface area contributed by atoms with Crippen LogP contribution in [0.4, 0.5) is 11.4 Å². The summed E-state index contributed by atoms with van der Waals surface area (Å²) in [6, 6.07) is 30.4. The van der Waals surface area contributed by atoms with Gasteiger partial charge in [0.1, 0.15) is 11.4 Å². The Morgan fingerprint density at radius 1 is 0.854 bits per heavy atom. The van der Waals surface area contributed by atoms with Crippen molar-refractivity contribution in [1.29, 1.82) is 0 Å². The van der Waals surface area contributed by atoms with Gasteiger partial charge in [-0.15, -0.1) is 11.8 Å². The van der Waals surface area contributed by atoms with E-state index in [1.807, 2.05) is 55.5 Å². The minimum absolute atomic E-state index is 0.0722. The molecule has 3 N–H and O–H groups in total. The standard InChI is InChI=1S/C32H28BrN3O4S/c1-21(30(37)35-28-14-7-6-13-27(28)33)41-26-17-15-24(16-18-26)34-32(39)29(20-22-9-8-12-25(19-22)40-2)36-31(38)23-10-4-3-5-11-23/h3-21H,1-2H3,(H,34,39)(H,35,37)(H,36,38)/b29-20-. The molecule has 41 heavy (non-hydrogen) atoms. The van der Waals surface area contributed by atoms with Crippen LogP contribution in [0.5, 0.6) is 5.75 Å². The number of carbonyl (C=O) groups excluding carboxylic acids is 3. The molecule has 4 rings (SSSR count). The molecule has 3 amide bonds. The van der Waals surface area contributed by atoms with E-state index in [1.54, 1.807) is 67.8 Å². The number of methoxy groups -OCH3 is 1. The monoisotopic (exact) mass is 629 g/mol. The van der Waals surface area contributed by atoms with Gasteiger partial charge in [-0.2, -0.15) is 0 Å². The molecule has 0 aliphatic heterocycles. The van der Waals surface area contributed by atoms with Gasteiger partial charge < -0.3 is 20.7 Å². The number of thioether (sulfide) groups is 1. The van der Waals surface area contributed by atoms with Gasteiger partial charge in [0, 0.05) is 20.6 Å². The highest BCUT2D eigenvalue weighted by Gasteiger charge is 2.17. The summed E-state index contributed by atoms with van der Waals surface area (Å²) in [6.07, 6.45) is 1.59. The SMILES string of the molecule is COc1cccc(/C=C(\NC(=O)c2ccccc2)C(=O)Nc2ccc(SC(C)C(=O)Nc3ccccc3Br)cc2)c1. The summed E-state index contributed by atoms with van der Waals surface area (Å²) < 4.78 is 6.10. The number of ether oxygens (including phenoxy) is 1. The van der Waals surface area contributed by atoms with E-state index in [4.69, 9.17) is 4.74 Å². The van der Waals surface area contributed by atoms with Crippen LogP contribution in [0.2, 0.25) is 0 Å². The van der Waals surface area contributed by atoms with Gasteiger partial charge in [-0.3, -0.25) is 14.4 Å². The van der Waals surface area contributed by atoms with Crippen LogP contribution in [0.15, 0.2) is 118 Å². The van der Waals surface area contributed by atoms with Gasteiger partial charge in [0.05, 0.1) is 18.0 Å². The van der Waals surface area contributed by atoms with Crippen LogP contribution in [-0.2, 0) is 9.59 Å². The molecule has 9 heteroatoms. The summed E-state index contributed by atoms with van der Waals surface area (Å²) >= 11 is 4.84. The topological polar surface area (TPSA) is 96.5 Å². The molecule has 4 aromatic carbocycles. The van der Waals surface area contributed by atoms with Crippen molar-refractivity contribution >= 4 is 62.9 Å². The number of benzene rings is 4. The average molecular weight is 631 g/mol. The third kappa shape index (κ3) is 8.57. The van der Waals surface area contributed by atoms with E-state index in [9.17, 15) is 14.4 Å². The Morgan fingerprint density at radius 2 is 1.56 bits per heavy atom. The van der Waals surface area contributed by atoms with Gasteiger partial charge >= 0.3 is 0 Å². The molecule has 0 spiro atoms. The number of hydrogen-bond donors (Lipinski definition) is 3. The highest BCUT2D eigenvalue weighted by atomic mass is 79.9. The van der Waals surface area contributed by atoms with E-state index in [-0.39, 0.29) is 16.9 Å². The molecule has 0 heterocycles. The van der Waals surface area contributed by atoms with Crippen LogP contribution in [-0.4, -0.2) is 30.1 Å². The van der Waals surface area contributed by atoms with E-state index >= 15 is 0 Å². The summed E-state index contributed by atoms with van der Waals surface area (Å²) in [5.41, 5.74) is 2.43. The van der Waals surface area contributed by atoms with Crippen LogP contribution in [0.25, 0.3) is 6.08 Å². The molecule has 0 bridgehead atoms. The van der Waals surface area contributed by atoms with Crippen molar-refractivity contribution in [2.24, 2.45) is 0 Å². The van der Waals surface area contributed by atoms with Gasteiger partial charge in [0.25, 0.3) is 11.8 Å². The van der Waals surface area contributed by atoms with Crippen molar-refractivity contribution < 1.29 is 19.1 Å². The number of carbonyl (C=O) groups is 3. The first-order valence-electron chi connectivity index (χ1n) is 12.7. The first-order valence-corrected chi connectivity index (χ1v) is 14.4. The Morgan fingerprint density at radius 3 is 2.27 bits per heavy atom. The minimum Gasteiger partial charge on any atom is -0.497 e. The van der Waals surface area contributed by atoms with E-state index in [1.165, 1.54) is 11.8 Å². The quantitative estimate of drug-likeness (QED) is 0.130. The Labute approximate surface area is 251 Å². The van der Waals surface area contributed by atoms with Gasteiger partial charge in [-0.05, 0) is 95.2 Å². The zero-order chi connectivity index (χ0) is 29.2. The maximum Gasteiger partial charge on any atom is 0.272 e. The molecule has 0 aromatic heterocycles. The number of nitrogens with one attached hydrogen (secondary N) is 3. The second-order valence-corrected chi connectivity index (χ2v) is 11.1. The first-order chi connectivity index (χ1) is 19.8. The first kappa shape index (κ1) is 29.6. The second-order valence-electron chi connectivity index (χ2n) is 8.86. The number of halogens is 1. The van der Waals surface area contributed by atoms with Crippen LogP contribution in [0.3, 0.4) is 0 Å². The van der Waals surface area contributed by atoms with Gasteiger partial charge in [0.2, 0.25) is 5.91 Å². The van der Waals surface area contributed by atoms with Gasteiger partial charge in [0.15, 0.2) is 0 Å². The van der Waals surface area contributed by atoms with Crippen molar-refractivity contribution in [1.82, 2.24) is 5.32 Å². The summed E-state index contributed by atoms with van der Waals surface area (Å²) in [4.78, 5) is 39.7. The van der Waals surface area contributed by atoms with E-state index in [0.717, 1.165) is 9.37 Å². The van der Waals surface area contributed by atoms with Crippen molar-refractivity contribution in [3.05, 3.63) is 124 Å². The van der Waals surface area contributed by atoms with Crippen LogP contribution < -0.4 is 20.7 Å². The van der Waals surface area contributed by atoms with E-state index in [2.05, 4.69) is 31.9 Å². The van der Waals surface area contributed by atoms with Crippen LogP contribution >= 0.6 is 27.7 Å². The highest BCUT2D eigenvalue weighted by molar-refractivity contribution is 9.10. The lowest BCUT2D eigenvalue weighted by Gasteiger charge is -2.14. The summed E-state index contributed by atoms with van der Waals surface area (Å²) in [5, 5.41) is 8.14. The molecule has 0 radical (unpaired) electrons. The maximum absolute atomic E-state index is 13.3. The Kier molecular flexibility index (Phi) is 10.4. The predicted molar refractivity (Wildman–Crippen MR) is 168 cm³/mol. The largest absolute Gasteiger partial charge is 0.497 e. The number of amides is 3. The molecule has 0 fully saturated rings. The highest BCUT2D eigenvalue weighted by Crippen LogP contribution is 2.27. The Balaban J connectivity index is 1.45. The fourth-order valence-electron chi connectivity index (χ4n) is 3.71. The molecule has 1 unspecified atom stereocenters. The molecule has 0 aliphatic rings. The van der Waals surface area contributed by atoms with Crippen LogP contribution in [0.1, 0.15) is 22.8 Å². The summed E-state index contributed by atoms with van der Waals surface area (Å²) in [6.45, 7) is 1.83. The van der Waals surface area contributed by atoms with E-state index < -0.39 is 11.8 Å². The van der Waals surface area contributed by atoms with E-state index in [0.29, 0.717) is 28.3 Å². The molecule has 208 valence electrons. The number of hydrogen-bond acceptors (Lipinski definition) is 5. The third-order valence-electron chi connectivity index (χ3n) is 5.86. The number of anilines is 2. The second kappa shape index (κ2) is 14.3. The molecular weight excluding hydrogens is 602 g/mol. The number of para-hydroxylation sites is 1. The Hall–Kier alpha value is -4.34. The van der Waals surface area contributed by atoms with Crippen molar-refractivity contribution in [2.75, 3.05) is 17.7 Å². The summed E-state index contributed by atoms with van der Waals surface area (Å²) in [5.74, 6) is -0.392. The lowest BCUT2D eigenvalue weighted by molar-refractivity contribution is -0.115. The lowest BCUT2D eigenvalue weighted by Crippen LogP contribution is -2.30. The normalized spacial score (nSPS) is 11.7. The predicted octanol–water partition coefficient (Wildman–Crippen LogP) is 6.99. The molecule has 1 atom stereocenters. The molecule has 0 saturated carbocycles. The lowest BCUT2D eigenvalue weighted by atomic mass is 10.1. The van der Waals surface area contributed by atoms with Gasteiger partial charge in [-0.1, -0.05) is 42.5 Å². The zero-order valence-electron chi connectivity index (χ0n) is 22.4. The van der Waals surface area contributed by atoms with Crippen LogP contribution in [0, 0.1) is 0 Å². The molecule has 7 nitrogen and oxygen atoms in total. The molecule has 0 aliphatic carbocycles. The maximum atomic E-state index is 13.3. The smallest absolute Gasteiger partial charge is 0.272 e. The fraction of sp³-hybridized carbons (Fsp3) is 0.0938. The third-order valence-corrected chi connectivity index (χ3v) is 7.66. The summed E-state index contributed by atoms with van der Waals surface area (Å²) in [7, 11) is 1.56. The molecule has 4 aromatic rings. The van der Waals surface area contributed by atoms with Crippen molar-refractivity contribution in [2.45, 2.75) is 17.1 Å². The Bertz CT molecular complexity index is 1560. The van der Waals surface area contributed by atoms with Crippen molar-refractivity contribution in [3.8, 4) is 5.75 Å². The zero-order valence-corrected chi connectivity index (χ0v) is 24.8. The number of rotatable bonds is 10. The van der Waals surface area contributed by atoms with Gasteiger partial charge in [-0.25, -0.2) is 0 Å². The minimum atomic E-state index is -0.487. The fourth-order valence-corrected chi connectivity index (χ4v) is 4.96. The average Bonchev–Trinajstić information content (AvgIpc) is 2.99. The van der Waals surface area contributed by atoms with Crippen molar-refractivity contribution in [3.63, 3.8) is 0 Å². The molecule has 0 saturated heterocycles. The molecular formula is C32H28BrN3O4S.